The minimum absolute atomic E-state index is 0.938. The third-order valence-electron chi connectivity index (χ3n) is 4.00. The summed E-state index contributed by atoms with van der Waals surface area (Å²) in [6, 6.07) is 14.4. The van der Waals surface area contributed by atoms with Crippen molar-refractivity contribution in [3.05, 3.63) is 54.2 Å². The average Bonchev–Trinajstić information content (AvgIpc) is 3.40. The van der Waals surface area contributed by atoms with Gasteiger partial charge in [0.25, 0.3) is 0 Å². The van der Waals surface area contributed by atoms with Crippen LogP contribution in [0.15, 0.2) is 48.7 Å². The topological polar surface area (TPSA) is 47.7 Å². The van der Waals surface area contributed by atoms with Crippen LogP contribution in [0, 0.1) is 6.92 Å². The van der Waals surface area contributed by atoms with Crippen molar-refractivity contribution < 1.29 is 0 Å². The molecule has 0 aliphatic rings. The van der Waals surface area contributed by atoms with Crippen molar-refractivity contribution in [2.45, 2.75) is 62.3 Å². The van der Waals surface area contributed by atoms with Gasteiger partial charge in [-0.1, -0.05) is 79.7 Å². The molecule has 2 heterocycles. The minimum atomic E-state index is 0.938. The van der Waals surface area contributed by atoms with Gasteiger partial charge in [0, 0.05) is 31.9 Å². The highest BCUT2D eigenvalue weighted by Crippen LogP contribution is 2.20. The molecule has 0 amide bonds. The Morgan fingerprint density at radius 1 is 0.677 bits per heavy atom. The molecule has 0 bridgehead atoms. The highest BCUT2D eigenvalue weighted by atomic mass is 15.3. The lowest BCUT2D eigenvalue weighted by Crippen LogP contribution is -1.92. The van der Waals surface area contributed by atoms with Gasteiger partial charge in [0.2, 0.25) is 0 Å². The Labute approximate surface area is 190 Å². The second-order valence-corrected chi connectivity index (χ2v) is 5.52. The van der Waals surface area contributed by atoms with Gasteiger partial charge in [-0.05, 0) is 30.7 Å². The van der Waals surface area contributed by atoms with Crippen LogP contribution in [0.25, 0.3) is 21.8 Å². The number of fused-ring (bicyclic) bond motifs is 2. The number of aryl methyl sites for hydroxylation is 3. The number of hydrogen-bond donors (Lipinski definition) is 1. The number of nitrogens with one attached hydrogen (secondary N) is 1. The van der Waals surface area contributed by atoms with Crippen LogP contribution in [-0.2, 0) is 14.1 Å². The Kier molecular flexibility index (Phi) is 17.6. The maximum atomic E-state index is 4.31. The lowest BCUT2D eigenvalue weighted by Gasteiger charge is -1.94. The summed E-state index contributed by atoms with van der Waals surface area (Å²) in [5, 5.41) is 14.0. The molecule has 5 heteroatoms. The first kappa shape index (κ1) is 30.4. The average molecular weight is 428 g/mol. The van der Waals surface area contributed by atoms with Crippen LogP contribution in [-0.4, -0.2) is 26.6 Å². The lowest BCUT2D eigenvalue weighted by molar-refractivity contribution is 0.797. The second-order valence-electron chi connectivity index (χ2n) is 5.52. The third kappa shape index (κ3) is 8.44. The van der Waals surface area contributed by atoms with Crippen molar-refractivity contribution >= 4 is 27.6 Å². The number of nitrogens with zero attached hydrogens (tertiary/aromatic N) is 4. The molecule has 174 valence electrons. The monoisotopic (exact) mass is 427 g/mol. The molecule has 0 aliphatic carbocycles. The van der Waals surface area contributed by atoms with E-state index in [1.54, 1.807) is 0 Å². The van der Waals surface area contributed by atoms with Gasteiger partial charge in [0.15, 0.2) is 5.82 Å². The molecule has 31 heavy (non-hydrogen) atoms. The highest BCUT2D eigenvalue weighted by molar-refractivity contribution is 5.89. The molecule has 0 aliphatic heterocycles. The molecule has 0 unspecified atom stereocenters. The van der Waals surface area contributed by atoms with E-state index in [4.69, 9.17) is 0 Å². The summed E-state index contributed by atoms with van der Waals surface area (Å²) in [5.74, 6) is 0.938. The van der Waals surface area contributed by atoms with Crippen LogP contribution < -0.4 is 5.32 Å². The van der Waals surface area contributed by atoms with Crippen LogP contribution in [0.1, 0.15) is 61.0 Å². The molecule has 4 aromatic rings. The second kappa shape index (κ2) is 18.0. The van der Waals surface area contributed by atoms with Gasteiger partial charge in [0.05, 0.1) is 17.2 Å². The summed E-state index contributed by atoms with van der Waals surface area (Å²) in [6.07, 6.45) is 1.91. The number of benzene rings is 2. The molecule has 5 nitrogen and oxygen atoms in total. The van der Waals surface area contributed by atoms with E-state index in [0.717, 1.165) is 11.3 Å². The molecular weight excluding hydrogens is 382 g/mol. The van der Waals surface area contributed by atoms with Crippen molar-refractivity contribution in [3.63, 3.8) is 0 Å². The van der Waals surface area contributed by atoms with Crippen molar-refractivity contribution in [3.8, 4) is 0 Å². The zero-order valence-corrected chi connectivity index (χ0v) is 21.9. The minimum Gasteiger partial charge on any atom is -0.371 e. The van der Waals surface area contributed by atoms with E-state index in [1.807, 2.05) is 104 Å². The van der Waals surface area contributed by atoms with E-state index >= 15 is 0 Å². The van der Waals surface area contributed by atoms with Crippen molar-refractivity contribution in [2.75, 3.05) is 12.4 Å². The van der Waals surface area contributed by atoms with Crippen LogP contribution in [0.3, 0.4) is 0 Å². The number of anilines is 1. The van der Waals surface area contributed by atoms with Crippen LogP contribution in [0.5, 0.6) is 0 Å². The van der Waals surface area contributed by atoms with Gasteiger partial charge in [-0.15, -0.1) is 0 Å². The van der Waals surface area contributed by atoms with Crippen molar-refractivity contribution in [1.82, 2.24) is 19.6 Å². The largest absolute Gasteiger partial charge is 0.371 e. The fourth-order valence-corrected chi connectivity index (χ4v) is 2.72. The maximum Gasteiger partial charge on any atom is 0.155 e. The zero-order valence-electron chi connectivity index (χ0n) is 21.9. The molecule has 0 saturated carbocycles. The Bertz CT molecular complexity index is 951. The van der Waals surface area contributed by atoms with Crippen molar-refractivity contribution in [2.24, 2.45) is 14.1 Å². The molecule has 0 spiro atoms. The maximum absolute atomic E-state index is 4.31. The molecule has 1 N–H and O–H groups in total. The standard InChI is InChI=1S/C9H11N3.C9H10N2.4C2H6/c1-10-9-7-5-3-4-6-8(7)12(2)11-9;1-7-4-3-5-9-8(7)6-10-11(9)2;4*1-2/h3-6H,1-2H3,(H,10,11);3-6H,1-2H3;4*1-2H3. The predicted molar refractivity (Wildman–Crippen MR) is 141 cm³/mol. The van der Waals surface area contributed by atoms with E-state index in [-0.39, 0.29) is 0 Å². The molecule has 2 aromatic heterocycles. The van der Waals surface area contributed by atoms with Crippen LogP contribution in [0.4, 0.5) is 5.82 Å². The molecular formula is C26H45N5. The van der Waals surface area contributed by atoms with Gasteiger partial charge in [-0.3, -0.25) is 9.36 Å². The molecule has 0 atom stereocenters. The van der Waals surface area contributed by atoms with E-state index in [2.05, 4.69) is 52.8 Å². The molecule has 0 fully saturated rings. The van der Waals surface area contributed by atoms with Gasteiger partial charge < -0.3 is 5.32 Å². The number of para-hydroxylation sites is 1. The fraction of sp³-hybridized carbons (Fsp3) is 0.462. The lowest BCUT2D eigenvalue weighted by atomic mass is 10.1. The van der Waals surface area contributed by atoms with E-state index in [9.17, 15) is 0 Å². The van der Waals surface area contributed by atoms with E-state index < -0.39 is 0 Å². The van der Waals surface area contributed by atoms with Gasteiger partial charge >= 0.3 is 0 Å². The van der Waals surface area contributed by atoms with Crippen LogP contribution in [0.2, 0.25) is 0 Å². The number of aromatic nitrogens is 4. The smallest absolute Gasteiger partial charge is 0.155 e. The van der Waals surface area contributed by atoms with E-state index in [1.165, 1.54) is 21.9 Å². The quantitative estimate of drug-likeness (QED) is 0.340. The van der Waals surface area contributed by atoms with E-state index in [0.29, 0.717) is 0 Å². The molecule has 4 rings (SSSR count). The predicted octanol–water partition coefficient (Wildman–Crippen LogP) is 7.60. The highest BCUT2D eigenvalue weighted by Gasteiger charge is 2.04. The van der Waals surface area contributed by atoms with Crippen LogP contribution >= 0.6 is 0 Å². The third-order valence-corrected chi connectivity index (χ3v) is 4.00. The summed E-state index contributed by atoms with van der Waals surface area (Å²) >= 11 is 0. The zero-order chi connectivity index (χ0) is 24.4. The van der Waals surface area contributed by atoms with Gasteiger partial charge in [-0.2, -0.15) is 10.2 Å². The van der Waals surface area contributed by atoms with Gasteiger partial charge in [-0.25, -0.2) is 0 Å². The summed E-state index contributed by atoms with van der Waals surface area (Å²) in [7, 11) is 5.79. The number of hydrogen-bond acceptors (Lipinski definition) is 3. The number of rotatable bonds is 1. The Morgan fingerprint density at radius 2 is 1.19 bits per heavy atom. The summed E-state index contributed by atoms with van der Waals surface area (Å²) in [5.41, 5.74) is 3.64. The first-order valence-corrected chi connectivity index (χ1v) is 11.6. The summed E-state index contributed by atoms with van der Waals surface area (Å²) in [6.45, 7) is 18.1. The Hall–Kier alpha value is -2.82. The fourth-order valence-electron chi connectivity index (χ4n) is 2.72. The summed E-state index contributed by atoms with van der Waals surface area (Å²) < 4.78 is 3.77. The molecule has 2 aromatic carbocycles. The molecule has 0 saturated heterocycles. The van der Waals surface area contributed by atoms with Crippen molar-refractivity contribution in [1.29, 1.82) is 0 Å². The summed E-state index contributed by atoms with van der Waals surface area (Å²) in [4.78, 5) is 0. The Morgan fingerprint density at radius 3 is 1.74 bits per heavy atom. The molecule has 0 radical (unpaired) electrons. The SMILES string of the molecule is CC.CC.CC.CC.CNc1nn(C)c2ccccc12.Cc1cccc2c1cnn2C. The Balaban J connectivity index is 0. The first-order valence-electron chi connectivity index (χ1n) is 11.6. The first-order chi connectivity index (χ1) is 15.1. The normalized spacial score (nSPS) is 8.65. The van der Waals surface area contributed by atoms with Gasteiger partial charge in [0.1, 0.15) is 0 Å².